The van der Waals surface area contributed by atoms with E-state index in [0.29, 0.717) is 0 Å². The van der Waals surface area contributed by atoms with Gasteiger partial charge in [0.15, 0.2) is 0 Å². The average Bonchev–Trinajstić information content (AvgIpc) is 4.35. The second-order valence-electron chi connectivity index (χ2n) is 21.4. The number of benzene rings is 12. The molecule has 12 aromatic carbocycles. The molecule has 4 aromatic heterocycles. The average molecular weight is 1020 g/mol. The van der Waals surface area contributed by atoms with Crippen LogP contribution in [0.5, 0.6) is 0 Å². The van der Waals surface area contributed by atoms with Crippen LogP contribution in [0.1, 0.15) is 45.0 Å². The van der Waals surface area contributed by atoms with Crippen molar-refractivity contribution in [1.29, 1.82) is 0 Å². The third-order valence-electron chi connectivity index (χ3n) is 16.9. The van der Waals surface area contributed by atoms with Gasteiger partial charge in [0.25, 0.3) is 0 Å². The fourth-order valence-electron chi connectivity index (χ4n) is 13.3. The second-order valence-corrected chi connectivity index (χ2v) is 21.4. The van der Waals surface area contributed by atoms with Crippen molar-refractivity contribution in [1.82, 2.24) is 19.9 Å². The summed E-state index contributed by atoms with van der Waals surface area (Å²) in [5, 5.41) is 22.7. The first-order valence-electron chi connectivity index (χ1n) is 27.6. The summed E-state index contributed by atoms with van der Waals surface area (Å²) in [5.74, 6) is 0. The molecule has 0 atom stereocenters. The molecule has 0 saturated heterocycles. The Morgan fingerprint density at radius 1 is 0.163 bits per heavy atom. The number of rotatable bonds is 4. The van der Waals surface area contributed by atoms with Gasteiger partial charge in [0, 0.05) is 65.4 Å². The third kappa shape index (κ3) is 6.76. The zero-order valence-corrected chi connectivity index (χ0v) is 43.4. The Morgan fingerprint density at radius 3 is 0.537 bits per heavy atom. The molecule has 4 heteroatoms. The van der Waals surface area contributed by atoms with E-state index in [2.05, 4.69) is 287 Å². The number of fused-ring (bicyclic) bond motifs is 4. The minimum Gasteiger partial charge on any atom is -0.353 e. The number of hydrogen-bond donors (Lipinski definition) is 4. The number of aromatic nitrogens is 4. The van der Waals surface area contributed by atoms with Crippen molar-refractivity contribution in [2.24, 2.45) is 0 Å². The second kappa shape index (κ2) is 17.4. The van der Waals surface area contributed by atoms with Crippen molar-refractivity contribution in [2.45, 2.75) is 0 Å². The fraction of sp³-hybridized carbons (Fsp3) is 0. The van der Waals surface area contributed by atoms with Crippen molar-refractivity contribution in [3.63, 3.8) is 0 Å². The van der Waals surface area contributed by atoms with Crippen LogP contribution in [0.3, 0.4) is 0 Å². The lowest BCUT2D eigenvalue weighted by atomic mass is 9.94. The monoisotopic (exact) mass is 1020 g/mol. The molecule has 4 heterocycles. The Labute approximate surface area is 459 Å². The first-order valence-corrected chi connectivity index (χ1v) is 27.6. The smallest absolute Gasteiger partial charge is 0.0566 e. The number of aromatic amines is 4. The van der Waals surface area contributed by atoms with E-state index in [-0.39, 0.29) is 0 Å². The molecule has 4 N–H and O–H groups in total. The molecule has 0 spiro atoms. The van der Waals surface area contributed by atoms with Crippen molar-refractivity contribution in [3.8, 4) is 0 Å². The van der Waals surface area contributed by atoms with Crippen LogP contribution in [-0.4, -0.2) is 19.9 Å². The van der Waals surface area contributed by atoms with Gasteiger partial charge in [-0.25, -0.2) is 0 Å². The number of hydrogen-bond acceptors (Lipinski definition) is 0. The van der Waals surface area contributed by atoms with E-state index in [4.69, 9.17) is 0 Å². The first-order chi connectivity index (χ1) is 39.7. The maximum absolute atomic E-state index is 4.34. The largest absolute Gasteiger partial charge is 0.353 e. The van der Waals surface area contributed by atoms with E-state index in [1.165, 1.54) is 43.1 Å². The van der Waals surface area contributed by atoms with Crippen LogP contribution in [0.2, 0.25) is 0 Å². The minimum atomic E-state index is 1.04. The van der Waals surface area contributed by atoms with E-state index in [1.807, 2.05) is 0 Å². The molecule has 372 valence electrons. The highest BCUT2D eigenvalue weighted by Crippen LogP contribution is 2.41. The zero-order valence-electron chi connectivity index (χ0n) is 43.4. The SMILES string of the molecule is c1ccc(C2=c3[nH]c(c4cc5ccccc5cc34)=C(c3ccccc3)c3[nH]c(c4cc5ccccc5cc34)C(c3ccccc3)=c3[nH]c(c4cc5ccccc5cc34)=C(c3ccccc3)c3[nH]c2c2cc4ccccc4cc32)cc1. The van der Waals surface area contributed by atoms with Crippen molar-refractivity contribution >= 4 is 108 Å². The molecule has 8 bridgehead atoms. The minimum absolute atomic E-state index is 1.04. The lowest BCUT2D eigenvalue weighted by Gasteiger charge is -2.10. The topological polar surface area (TPSA) is 63.2 Å². The summed E-state index contributed by atoms with van der Waals surface area (Å²) in [6.07, 6.45) is 0. The van der Waals surface area contributed by atoms with Crippen LogP contribution in [-0.2, 0) is 0 Å². The van der Waals surface area contributed by atoms with Crippen molar-refractivity contribution in [2.75, 3.05) is 0 Å². The Kier molecular flexibility index (Phi) is 9.68. The van der Waals surface area contributed by atoms with Gasteiger partial charge in [0.2, 0.25) is 0 Å². The van der Waals surface area contributed by atoms with Gasteiger partial charge in [-0.1, -0.05) is 218 Å². The van der Waals surface area contributed by atoms with Crippen molar-refractivity contribution < 1.29 is 0 Å². The van der Waals surface area contributed by atoms with Crippen LogP contribution in [0.15, 0.2) is 267 Å². The predicted molar refractivity (Wildman–Crippen MR) is 334 cm³/mol. The van der Waals surface area contributed by atoms with Gasteiger partial charge in [0.1, 0.15) is 0 Å². The predicted octanol–water partition coefficient (Wildman–Crippen LogP) is 15.5. The Balaban J connectivity index is 1.22. The molecule has 1 aliphatic rings. The lowest BCUT2D eigenvalue weighted by Crippen LogP contribution is -2.19. The summed E-state index contributed by atoms with van der Waals surface area (Å²) in [5.41, 5.74) is 12.9. The number of nitrogens with one attached hydrogen (secondary N) is 4. The van der Waals surface area contributed by atoms with Crippen LogP contribution in [0.4, 0.5) is 0 Å². The lowest BCUT2D eigenvalue weighted by molar-refractivity contribution is 1.20. The molecule has 0 saturated carbocycles. The molecular formula is C76H48N4. The van der Waals surface area contributed by atoms with E-state index in [1.54, 1.807) is 0 Å². The molecule has 16 aromatic rings. The summed E-state index contributed by atoms with van der Waals surface area (Å²) in [4.78, 5) is 17.4. The molecule has 0 unspecified atom stereocenters. The highest BCUT2D eigenvalue weighted by molar-refractivity contribution is 6.14. The molecule has 4 nitrogen and oxygen atoms in total. The molecule has 0 radical (unpaired) electrons. The van der Waals surface area contributed by atoms with Gasteiger partial charge in [-0.2, -0.15) is 0 Å². The molecule has 17 rings (SSSR count). The Morgan fingerprint density at radius 2 is 0.338 bits per heavy atom. The van der Waals surface area contributed by atoms with Gasteiger partial charge < -0.3 is 19.9 Å². The Hall–Kier alpha value is -10.7. The molecule has 0 fully saturated rings. The summed E-state index contributed by atoms with van der Waals surface area (Å²) >= 11 is 0. The van der Waals surface area contributed by atoms with Crippen molar-refractivity contribution in [3.05, 3.63) is 333 Å². The molecular weight excluding hydrogens is 969 g/mol. The van der Waals surface area contributed by atoms with E-state index >= 15 is 0 Å². The van der Waals surface area contributed by atoms with Crippen LogP contribution < -0.4 is 21.4 Å². The standard InChI is InChI=1S/C76H48N4/c1-5-21-45(22-6-1)65-69-57-37-49-29-13-15-31-51(49)39-59(57)71(77-69)66(46-23-7-2-8-24-46)73-61-41-53-33-17-19-35-55(53)43-63(61)75(79-73)68(48-27-11-4-12-28-48)76-64-44-56-36-20-18-34-54(56)42-62(64)74(80-76)67(47-25-9-3-10-26-47)72-60-40-52-32-16-14-30-50(52)38-58(60)70(65)78-72/h1-44,77-80H. The molecule has 80 heavy (non-hydrogen) atoms. The van der Waals surface area contributed by atoms with Gasteiger partial charge >= 0.3 is 0 Å². The van der Waals surface area contributed by atoms with E-state index in [0.717, 1.165) is 132 Å². The van der Waals surface area contributed by atoms with Crippen LogP contribution in [0, 0.1) is 0 Å². The van der Waals surface area contributed by atoms with Gasteiger partial charge in [-0.05, 0) is 114 Å². The maximum Gasteiger partial charge on any atom is 0.0566 e. The van der Waals surface area contributed by atoms with Crippen LogP contribution in [0.25, 0.3) is 108 Å². The quantitative estimate of drug-likeness (QED) is 0.136. The molecule has 0 aliphatic heterocycles. The highest BCUT2D eigenvalue weighted by Gasteiger charge is 2.27. The normalized spacial score (nSPS) is 12.9. The summed E-state index contributed by atoms with van der Waals surface area (Å²) < 4.78 is 0. The van der Waals surface area contributed by atoms with Gasteiger partial charge in [-0.3, -0.25) is 0 Å². The molecule has 1 aliphatic carbocycles. The van der Waals surface area contributed by atoms with Gasteiger partial charge in [-0.15, -0.1) is 0 Å². The van der Waals surface area contributed by atoms with E-state index < -0.39 is 0 Å². The van der Waals surface area contributed by atoms with Crippen LogP contribution >= 0.6 is 0 Å². The number of H-pyrrole nitrogens is 4. The Bertz CT molecular complexity index is 4830. The maximum atomic E-state index is 4.34. The summed E-state index contributed by atoms with van der Waals surface area (Å²) in [6, 6.07) is 98.4. The summed E-state index contributed by atoms with van der Waals surface area (Å²) in [7, 11) is 0. The molecule has 0 amide bonds. The zero-order chi connectivity index (χ0) is 52.4. The highest BCUT2D eigenvalue weighted by atomic mass is 14.8. The summed E-state index contributed by atoms with van der Waals surface area (Å²) in [6.45, 7) is 0. The third-order valence-corrected chi connectivity index (χ3v) is 16.9. The van der Waals surface area contributed by atoms with Gasteiger partial charge in [0.05, 0.1) is 44.2 Å². The van der Waals surface area contributed by atoms with E-state index in [9.17, 15) is 0 Å². The fourth-order valence-corrected chi connectivity index (χ4v) is 13.3. The first kappa shape index (κ1) is 44.4.